The molecule has 0 radical (unpaired) electrons. The van der Waals surface area contributed by atoms with Gasteiger partial charge in [0, 0.05) is 5.38 Å². The van der Waals surface area contributed by atoms with E-state index in [1.165, 1.54) is 5.38 Å². The van der Waals surface area contributed by atoms with Crippen molar-refractivity contribution >= 4 is 40.0 Å². The average molecular weight is 524 g/mol. The lowest BCUT2D eigenvalue weighted by atomic mass is 9.84. The number of oxime groups is 1. The van der Waals surface area contributed by atoms with Crippen LogP contribution in [0.3, 0.4) is 0 Å². The van der Waals surface area contributed by atoms with Gasteiger partial charge in [-0.25, -0.2) is 14.8 Å². The van der Waals surface area contributed by atoms with Gasteiger partial charge in [-0.2, -0.15) is 0 Å². The zero-order chi connectivity index (χ0) is 26.6. The molecule has 1 saturated heterocycles. The number of aromatic nitrogens is 1. The lowest BCUT2D eigenvalue weighted by Crippen LogP contribution is -2.75. The van der Waals surface area contributed by atoms with Crippen molar-refractivity contribution in [3.63, 3.8) is 0 Å². The molecule has 0 spiro atoms. The van der Waals surface area contributed by atoms with Crippen molar-refractivity contribution in [2.75, 3.05) is 12.3 Å². The molecular weight excluding hydrogens is 498 g/mol. The molecule has 3 aromatic rings. The number of esters is 1. The van der Waals surface area contributed by atoms with Crippen LogP contribution in [0.2, 0.25) is 0 Å². The first-order valence-corrected chi connectivity index (χ1v) is 12.1. The third-order valence-corrected chi connectivity index (χ3v) is 6.43. The number of carbonyl (C=O) groups excluding carboxylic acids is 3. The Bertz CT molecular complexity index is 1270. The Hall–Kier alpha value is -4.29. The van der Waals surface area contributed by atoms with Crippen molar-refractivity contribution in [3.05, 3.63) is 82.9 Å². The molecule has 12 heteroatoms. The van der Waals surface area contributed by atoms with E-state index in [-0.39, 0.29) is 16.5 Å². The van der Waals surface area contributed by atoms with E-state index in [0.717, 1.165) is 22.5 Å². The van der Waals surface area contributed by atoms with Crippen molar-refractivity contribution in [2.24, 2.45) is 5.16 Å². The Morgan fingerprint density at radius 2 is 1.76 bits per heavy atom. The van der Waals surface area contributed by atoms with Crippen LogP contribution in [0, 0.1) is 0 Å². The second-order valence-corrected chi connectivity index (χ2v) is 9.58. The fraction of sp³-hybridized carbons (Fsp3) is 0.240. The molecule has 2 heterocycles. The monoisotopic (exact) mass is 523 g/mol. The summed E-state index contributed by atoms with van der Waals surface area (Å²) >= 11 is 1.08. The summed E-state index contributed by atoms with van der Waals surface area (Å²) in [5.41, 5.74) is 6.03. The first kappa shape index (κ1) is 25.8. The van der Waals surface area contributed by atoms with Gasteiger partial charge in [0.1, 0.15) is 11.7 Å². The minimum absolute atomic E-state index is 0.102. The van der Waals surface area contributed by atoms with Crippen molar-refractivity contribution < 1.29 is 29.2 Å². The van der Waals surface area contributed by atoms with Crippen LogP contribution in [-0.4, -0.2) is 56.9 Å². The second kappa shape index (κ2) is 10.8. The zero-order valence-corrected chi connectivity index (χ0v) is 20.8. The highest BCUT2D eigenvalue weighted by Gasteiger charge is 2.55. The van der Waals surface area contributed by atoms with E-state index in [1.807, 2.05) is 60.7 Å². The highest BCUT2D eigenvalue weighted by molar-refractivity contribution is 7.13. The Morgan fingerprint density at radius 1 is 1.16 bits per heavy atom. The molecule has 0 unspecified atom stereocenters. The van der Waals surface area contributed by atoms with Crippen LogP contribution in [0.1, 0.15) is 36.8 Å². The number of carbonyl (C=O) groups is 3. The van der Waals surface area contributed by atoms with Gasteiger partial charge in [0.2, 0.25) is 6.61 Å². The highest BCUT2D eigenvalue weighted by atomic mass is 32.1. The molecule has 0 saturated carbocycles. The van der Waals surface area contributed by atoms with Gasteiger partial charge in [-0.3, -0.25) is 14.8 Å². The van der Waals surface area contributed by atoms with Crippen LogP contribution in [-0.2, 0) is 24.0 Å². The molecule has 4 rings (SSSR count). The summed E-state index contributed by atoms with van der Waals surface area (Å²) in [6.45, 7) is 2.57. The van der Waals surface area contributed by atoms with Crippen LogP contribution in [0.25, 0.3) is 0 Å². The van der Waals surface area contributed by atoms with Crippen LogP contribution in [0.5, 0.6) is 0 Å². The van der Waals surface area contributed by atoms with Crippen LogP contribution in [0.15, 0.2) is 71.2 Å². The molecule has 1 aliphatic heterocycles. The molecule has 2 aromatic carbocycles. The number of nitrogens with two attached hydrogens (primary N) is 1. The number of benzene rings is 2. The molecule has 1 fully saturated rings. The Morgan fingerprint density at radius 3 is 2.27 bits per heavy atom. The smallest absolute Gasteiger partial charge is 0.347 e. The predicted octanol–water partition coefficient (Wildman–Crippen LogP) is 2.27. The number of rotatable bonds is 9. The Kier molecular flexibility index (Phi) is 7.50. The van der Waals surface area contributed by atoms with E-state index in [9.17, 15) is 19.6 Å². The number of hydroxylamine groups is 2. The summed E-state index contributed by atoms with van der Waals surface area (Å²) in [4.78, 5) is 46.8. The summed E-state index contributed by atoms with van der Waals surface area (Å²) in [6, 6.07) is 17.5. The molecule has 1 atom stereocenters. The lowest BCUT2D eigenvalue weighted by Gasteiger charge is -2.49. The van der Waals surface area contributed by atoms with Gasteiger partial charge < -0.3 is 20.6 Å². The molecule has 37 heavy (non-hydrogen) atoms. The highest BCUT2D eigenvalue weighted by Crippen LogP contribution is 2.29. The largest absolute Gasteiger partial charge is 0.450 e. The average Bonchev–Trinajstić information content (AvgIpc) is 3.34. The maximum Gasteiger partial charge on any atom is 0.347 e. The van der Waals surface area contributed by atoms with E-state index in [1.54, 1.807) is 13.8 Å². The Balaban J connectivity index is 1.47. The topological polar surface area (TPSA) is 156 Å². The lowest BCUT2D eigenvalue weighted by molar-refractivity contribution is -0.231. The SMILES string of the molecule is CC1(C)[C@H](NC(=O)/C(=N\OCC(=O)OC(c2ccccc2)c2ccccc2)c2csc(N)n2)C(=O)N1O. The minimum Gasteiger partial charge on any atom is -0.450 e. The van der Waals surface area contributed by atoms with Crippen LogP contribution in [0.4, 0.5) is 5.13 Å². The maximum absolute atomic E-state index is 13.0. The normalized spacial score (nSPS) is 16.8. The first-order chi connectivity index (χ1) is 17.7. The van der Waals surface area contributed by atoms with Crippen molar-refractivity contribution in [2.45, 2.75) is 31.5 Å². The van der Waals surface area contributed by atoms with Gasteiger partial charge in [-0.05, 0) is 25.0 Å². The number of ether oxygens (including phenoxy) is 1. The van der Waals surface area contributed by atoms with Crippen molar-refractivity contribution in [1.29, 1.82) is 0 Å². The standard InChI is InChI=1S/C25H25N5O6S/c1-25(2)21(23(33)30(25)34)28-22(32)19(17-14-37-24(26)27-17)29-35-13-18(31)36-20(15-9-5-3-6-10-15)16-11-7-4-8-12-16/h3-12,14,20-21,34H,13H2,1-2H3,(H2,26,27)(H,28,32)/b29-19-/t21-/m1/s1. The van der Waals surface area contributed by atoms with Crippen molar-refractivity contribution in [1.82, 2.24) is 15.4 Å². The number of nitrogens with one attached hydrogen (secondary N) is 1. The number of thiazole rings is 1. The van der Waals surface area contributed by atoms with E-state index >= 15 is 0 Å². The van der Waals surface area contributed by atoms with Crippen LogP contribution < -0.4 is 11.1 Å². The fourth-order valence-corrected chi connectivity index (χ4v) is 4.25. The molecule has 4 N–H and O–H groups in total. The van der Waals surface area contributed by atoms with E-state index < -0.39 is 42.1 Å². The zero-order valence-electron chi connectivity index (χ0n) is 20.0. The number of amides is 2. The number of hydrogen-bond acceptors (Lipinski definition) is 10. The maximum atomic E-state index is 13.0. The van der Waals surface area contributed by atoms with Crippen LogP contribution >= 0.6 is 11.3 Å². The van der Waals surface area contributed by atoms with Gasteiger partial charge in [0.05, 0.1) is 5.54 Å². The van der Waals surface area contributed by atoms with Crippen molar-refractivity contribution in [3.8, 4) is 0 Å². The fourth-order valence-electron chi connectivity index (χ4n) is 3.70. The third-order valence-electron chi connectivity index (χ3n) is 5.76. The Labute approximate surface area is 216 Å². The number of nitrogens with zero attached hydrogens (tertiary/aromatic N) is 3. The van der Waals surface area contributed by atoms with Gasteiger partial charge >= 0.3 is 5.97 Å². The summed E-state index contributed by atoms with van der Waals surface area (Å²) < 4.78 is 5.67. The van der Waals surface area contributed by atoms with E-state index in [2.05, 4.69) is 15.5 Å². The summed E-state index contributed by atoms with van der Waals surface area (Å²) in [5.74, 6) is -2.18. The van der Waals surface area contributed by atoms with Gasteiger partial charge in [0.15, 0.2) is 16.9 Å². The molecule has 1 aliphatic rings. The summed E-state index contributed by atoms with van der Waals surface area (Å²) in [5, 5.41) is 18.3. The molecule has 1 aromatic heterocycles. The van der Waals surface area contributed by atoms with E-state index in [0.29, 0.717) is 5.06 Å². The summed E-state index contributed by atoms with van der Waals surface area (Å²) in [6.07, 6.45) is -0.670. The molecular formula is C25H25N5O6S. The quantitative estimate of drug-likeness (QED) is 0.127. The minimum atomic E-state index is -1.02. The molecule has 2 amide bonds. The molecule has 0 bridgehead atoms. The number of anilines is 1. The second-order valence-electron chi connectivity index (χ2n) is 8.69. The van der Waals surface area contributed by atoms with E-state index in [4.69, 9.17) is 15.3 Å². The van der Waals surface area contributed by atoms with Gasteiger partial charge in [-0.15, -0.1) is 11.3 Å². The third kappa shape index (κ3) is 5.60. The predicted molar refractivity (Wildman–Crippen MR) is 134 cm³/mol. The number of β-lactam (4-membered cyclic amide) rings is 1. The summed E-state index contributed by atoms with van der Waals surface area (Å²) in [7, 11) is 0. The van der Waals surface area contributed by atoms with Gasteiger partial charge in [0.25, 0.3) is 11.8 Å². The number of nitrogen functional groups attached to an aromatic ring is 1. The van der Waals surface area contributed by atoms with Gasteiger partial charge in [-0.1, -0.05) is 65.8 Å². The number of hydrogen-bond donors (Lipinski definition) is 3. The molecule has 0 aliphatic carbocycles. The molecule has 11 nitrogen and oxygen atoms in total. The molecule has 192 valence electrons. The first-order valence-electron chi connectivity index (χ1n) is 11.2.